The Morgan fingerprint density at radius 3 is 2.41 bits per heavy atom. The van der Waals surface area contributed by atoms with Crippen LogP contribution in [0.2, 0.25) is 0 Å². The lowest BCUT2D eigenvalue weighted by molar-refractivity contribution is -0.136. The van der Waals surface area contributed by atoms with Crippen molar-refractivity contribution in [1.29, 1.82) is 0 Å². The van der Waals surface area contributed by atoms with Crippen LogP contribution in [0.4, 0.5) is 10.2 Å². The summed E-state index contributed by atoms with van der Waals surface area (Å²) in [4.78, 5) is 72.5. The zero-order valence-electron chi connectivity index (χ0n) is 43.0. The van der Waals surface area contributed by atoms with Crippen LogP contribution < -0.4 is 15.4 Å². The predicted octanol–water partition coefficient (Wildman–Crippen LogP) is 7.02. The van der Waals surface area contributed by atoms with Crippen LogP contribution in [0.3, 0.4) is 0 Å². The first-order valence-corrected chi connectivity index (χ1v) is 26.9. The summed E-state index contributed by atoms with van der Waals surface area (Å²) >= 11 is 0. The summed E-state index contributed by atoms with van der Waals surface area (Å²) < 4.78 is 21.7. The van der Waals surface area contributed by atoms with Gasteiger partial charge < -0.3 is 24.8 Å². The molecule has 4 fully saturated rings. The van der Waals surface area contributed by atoms with Crippen molar-refractivity contribution >= 4 is 40.5 Å². The third-order valence-corrected chi connectivity index (χ3v) is 16.1. The Morgan fingerprint density at radius 1 is 0.867 bits per heavy atom. The Balaban J connectivity index is 0.630. The van der Waals surface area contributed by atoms with Gasteiger partial charge in [0.2, 0.25) is 11.8 Å². The van der Waals surface area contributed by atoms with Crippen LogP contribution in [0.1, 0.15) is 113 Å². The van der Waals surface area contributed by atoms with Crippen LogP contribution in [0.25, 0.3) is 16.9 Å². The second-order valence-corrected chi connectivity index (χ2v) is 21.2. The number of benzene rings is 2. The molecule has 18 heteroatoms. The fourth-order valence-electron chi connectivity index (χ4n) is 11.9. The van der Waals surface area contributed by atoms with E-state index < -0.39 is 11.9 Å². The molecule has 1 saturated carbocycles. The van der Waals surface area contributed by atoms with Gasteiger partial charge >= 0.3 is 0 Å². The van der Waals surface area contributed by atoms with E-state index in [0.717, 1.165) is 74.6 Å². The number of hydrogen-bond donors (Lipinski definition) is 3. The summed E-state index contributed by atoms with van der Waals surface area (Å²) in [5.41, 5.74) is 6.47. The van der Waals surface area contributed by atoms with Crippen molar-refractivity contribution in [3.63, 3.8) is 0 Å². The number of aromatic amines is 1. The number of H-pyrrole nitrogens is 1. The van der Waals surface area contributed by atoms with E-state index in [4.69, 9.17) is 9.72 Å². The van der Waals surface area contributed by atoms with E-state index in [0.29, 0.717) is 77.9 Å². The normalized spacial score (nSPS) is 21.7. The Kier molecular flexibility index (Phi) is 14.7. The van der Waals surface area contributed by atoms with Crippen molar-refractivity contribution in [1.82, 2.24) is 54.5 Å². The minimum absolute atomic E-state index is 0.00560. The van der Waals surface area contributed by atoms with Crippen LogP contribution in [-0.4, -0.2) is 144 Å². The standard InChI is InChI=1S/C57H67FN12O5/c1-37-30-52(64-63-37)70-35-47(44-17-20-51(61-54(44)70)60-38(2)48-18-15-42(58)31-59-48)56(73)68-28-26-67(27-29-68)43-7-4-3-6-39(14-16-43)32-65-22-24-66(25-23-65)33-40-10-12-41(13-11-40)36-75-50-9-5-8-45-46(50)34-69(57(45)74)49-19-21-53(71)62-55(49)72/h5,8-13,15,17-18,20,30-31,35,38-39,43,49H,3-4,6-7,14,16,19,21-29,32-34,36H2,1-2H3,(H,60,61)(H,63,64)(H,62,71,72)/t38-,39?,43?,49+/m0/s1. The van der Waals surface area contributed by atoms with E-state index >= 15 is 0 Å². The molecule has 5 aliphatic rings. The average Bonchev–Trinajstić information content (AvgIpc) is 4.12. The molecule has 1 aliphatic carbocycles. The van der Waals surface area contributed by atoms with Gasteiger partial charge in [-0.1, -0.05) is 43.2 Å². The Bertz CT molecular complexity index is 3030. The summed E-state index contributed by atoms with van der Waals surface area (Å²) in [6.45, 7) is 14.0. The number of carbonyl (C=O) groups excluding carboxylic acids is 4. The number of aryl methyl sites for hydroxylation is 1. The lowest BCUT2D eigenvalue weighted by Gasteiger charge is -2.41. The van der Waals surface area contributed by atoms with Gasteiger partial charge in [0.25, 0.3) is 11.8 Å². The van der Waals surface area contributed by atoms with Gasteiger partial charge in [-0.15, -0.1) is 0 Å². The minimum atomic E-state index is -0.661. The third kappa shape index (κ3) is 11.2. The zero-order valence-corrected chi connectivity index (χ0v) is 43.0. The van der Waals surface area contributed by atoms with E-state index in [1.807, 2.05) is 59.8 Å². The highest BCUT2D eigenvalue weighted by Gasteiger charge is 2.40. The predicted molar refractivity (Wildman–Crippen MR) is 282 cm³/mol. The number of amides is 4. The van der Waals surface area contributed by atoms with Crippen LogP contribution in [0.5, 0.6) is 5.75 Å². The van der Waals surface area contributed by atoms with Gasteiger partial charge in [-0.2, -0.15) is 5.10 Å². The second-order valence-electron chi connectivity index (χ2n) is 21.2. The number of anilines is 1. The molecular formula is C57H67FN12O5. The highest BCUT2D eigenvalue weighted by molar-refractivity contribution is 6.07. The van der Waals surface area contributed by atoms with Gasteiger partial charge in [-0.3, -0.25) is 48.9 Å². The molecule has 4 aromatic heterocycles. The molecule has 392 valence electrons. The molecule has 3 N–H and O–H groups in total. The maximum Gasteiger partial charge on any atom is 0.256 e. The van der Waals surface area contributed by atoms with Crippen molar-refractivity contribution in [2.24, 2.45) is 5.92 Å². The summed E-state index contributed by atoms with van der Waals surface area (Å²) in [7, 11) is 0. The molecule has 4 aliphatic heterocycles. The number of fused-ring (bicyclic) bond motifs is 2. The molecule has 2 aromatic carbocycles. The first kappa shape index (κ1) is 50.2. The van der Waals surface area contributed by atoms with Gasteiger partial charge in [0, 0.05) is 112 Å². The summed E-state index contributed by atoms with van der Waals surface area (Å²) in [5.74, 6) is 1.30. The minimum Gasteiger partial charge on any atom is -0.489 e. The number of rotatable bonds is 14. The number of nitrogens with zero attached hydrogens (tertiary/aromatic N) is 9. The van der Waals surface area contributed by atoms with E-state index in [9.17, 15) is 23.6 Å². The molecular weight excluding hydrogens is 952 g/mol. The maximum atomic E-state index is 14.4. The second kappa shape index (κ2) is 22.1. The quantitative estimate of drug-likeness (QED) is 0.0953. The summed E-state index contributed by atoms with van der Waals surface area (Å²) in [6.07, 6.45) is 11.1. The summed E-state index contributed by atoms with van der Waals surface area (Å²) in [6, 6.07) is 22.6. The fraction of sp³-hybridized carbons (Fsp3) is 0.456. The van der Waals surface area contributed by atoms with Crippen LogP contribution in [-0.2, 0) is 29.3 Å². The lowest BCUT2D eigenvalue weighted by atomic mass is 9.87. The Morgan fingerprint density at radius 2 is 1.65 bits per heavy atom. The van der Waals surface area contributed by atoms with E-state index in [1.54, 1.807) is 17.0 Å². The van der Waals surface area contributed by atoms with Crippen molar-refractivity contribution < 1.29 is 28.3 Å². The van der Waals surface area contributed by atoms with Gasteiger partial charge in [0.15, 0.2) is 5.82 Å². The van der Waals surface area contributed by atoms with Crippen molar-refractivity contribution in [3.8, 4) is 11.6 Å². The molecule has 2 unspecified atom stereocenters. The molecule has 75 heavy (non-hydrogen) atoms. The topological polar surface area (TPSA) is 177 Å². The Hall–Kier alpha value is -7.02. The number of piperidine rings is 1. The number of piperazine rings is 2. The van der Waals surface area contributed by atoms with Crippen LogP contribution >= 0.6 is 0 Å². The van der Waals surface area contributed by atoms with E-state index in [2.05, 4.69) is 64.8 Å². The number of aromatic nitrogens is 5. The monoisotopic (exact) mass is 1020 g/mol. The number of ether oxygens (including phenoxy) is 1. The fourth-order valence-corrected chi connectivity index (χ4v) is 11.9. The first-order valence-electron chi connectivity index (χ1n) is 26.9. The van der Waals surface area contributed by atoms with E-state index in [1.165, 1.54) is 56.4 Å². The first-order chi connectivity index (χ1) is 36.5. The number of pyridine rings is 2. The lowest BCUT2D eigenvalue weighted by Crippen LogP contribution is -2.52. The number of imide groups is 1. The molecule has 4 atom stereocenters. The zero-order chi connectivity index (χ0) is 51.6. The largest absolute Gasteiger partial charge is 0.489 e. The molecule has 0 spiro atoms. The Labute approximate surface area is 436 Å². The maximum absolute atomic E-state index is 14.4. The molecule has 11 rings (SSSR count). The van der Waals surface area contributed by atoms with Gasteiger partial charge in [0.1, 0.15) is 35.7 Å². The molecule has 0 bridgehead atoms. The van der Waals surface area contributed by atoms with Crippen molar-refractivity contribution in [2.75, 3.05) is 64.2 Å². The molecule has 3 saturated heterocycles. The molecule has 8 heterocycles. The summed E-state index contributed by atoms with van der Waals surface area (Å²) in [5, 5.41) is 14.1. The van der Waals surface area contributed by atoms with Gasteiger partial charge in [-0.05, 0) is 99.4 Å². The number of halogens is 1. The number of hydrogen-bond acceptors (Lipinski definition) is 12. The van der Waals surface area contributed by atoms with Crippen molar-refractivity contribution in [2.45, 2.75) is 103 Å². The highest BCUT2D eigenvalue weighted by atomic mass is 19.1. The van der Waals surface area contributed by atoms with Crippen molar-refractivity contribution in [3.05, 3.63) is 130 Å². The van der Waals surface area contributed by atoms with Gasteiger partial charge in [-0.25, -0.2) is 9.37 Å². The number of carbonyl (C=O) groups is 4. The smallest absolute Gasteiger partial charge is 0.256 e. The van der Waals surface area contributed by atoms with E-state index in [-0.39, 0.29) is 42.5 Å². The third-order valence-electron chi connectivity index (χ3n) is 16.1. The van der Waals surface area contributed by atoms with Crippen LogP contribution in [0, 0.1) is 18.7 Å². The molecule has 6 aromatic rings. The number of nitrogens with one attached hydrogen (secondary N) is 3. The molecule has 0 radical (unpaired) electrons. The molecule has 4 amide bonds. The average molecular weight is 1020 g/mol. The van der Waals surface area contributed by atoms with Gasteiger partial charge in [0.05, 0.1) is 30.0 Å². The SMILES string of the molecule is Cc1cc(-n2cc(C(=O)N3CCN(C4CCCCC(CN5CCN(Cc6ccc(COc7cccc8c7CN([C@@H]7CCC(=O)NC7=O)C8=O)cc6)CC5)CC4)CC3)c3ccc(N[C@@H](C)c4ccc(F)cn4)nc32)n[nH]1. The molecule has 17 nitrogen and oxygen atoms in total. The highest BCUT2D eigenvalue weighted by Crippen LogP contribution is 2.35. The van der Waals surface area contributed by atoms with Crippen LogP contribution in [0.15, 0.2) is 85.2 Å².